The number of sulfonamides is 1. The molecule has 100 valence electrons. The van der Waals surface area contributed by atoms with E-state index in [2.05, 4.69) is 0 Å². The average Bonchev–Trinajstić information content (AvgIpc) is 2.31. The molecule has 19 heavy (non-hydrogen) atoms. The Balaban J connectivity index is 2.41. The van der Waals surface area contributed by atoms with Crippen LogP contribution in [0.5, 0.6) is 0 Å². The summed E-state index contributed by atoms with van der Waals surface area (Å²) in [5.41, 5.74) is 5.18. The van der Waals surface area contributed by atoms with Crippen LogP contribution in [0.25, 0.3) is 0 Å². The van der Waals surface area contributed by atoms with Crippen LogP contribution in [-0.2, 0) is 10.0 Å². The molecule has 0 saturated heterocycles. The highest BCUT2D eigenvalue weighted by Crippen LogP contribution is 2.22. The molecule has 0 bridgehead atoms. The van der Waals surface area contributed by atoms with Gasteiger partial charge >= 0.3 is 0 Å². The molecular formula is C12H10F2N2O2S. The van der Waals surface area contributed by atoms with E-state index in [1.165, 1.54) is 24.3 Å². The lowest BCUT2D eigenvalue weighted by Gasteiger charge is -2.09. The lowest BCUT2D eigenvalue weighted by atomic mass is 10.3. The zero-order valence-corrected chi connectivity index (χ0v) is 10.4. The van der Waals surface area contributed by atoms with E-state index in [0.29, 0.717) is 0 Å². The van der Waals surface area contributed by atoms with Gasteiger partial charge in [-0.25, -0.2) is 17.2 Å². The standard InChI is InChI=1S/C12H10F2N2O2S/c13-9-3-1-2-4-11(9)16-19(17,18)12-6-5-8(15)7-10(12)14/h1-7,16H,15H2. The van der Waals surface area contributed by atoms with Crippen LogP contribution in [0.1, 0.15) is 0 Å². The highest BCUT2D eigenvalue weighted by Gasteiger charge is 2.20. The number of para-hydroxylation sites is 1. The van der Waals surface area contributed by atoms with E-state index in [1.807, 2.05) is 4.72 Å². The molecule has 7 heteroatoms. The number of hydrogen-bond acceptors (Lipinski definition) is 3. The van der Waals surface area contributed by atoms with Gasteiger partial charge in [-0.2, -0.15) is 0 Å². The monoisotopic (exact) mass is 284 g/mol. The van der Waals surface area contributed by atoms with Crippen molar-refractivity contribution in [1.29, 1.82) is 0 Å². The van der Waals surface area contributed by atoms with Crippen LogP contribution in [0, 0.1) is 11.6 Å². The average molecular weight is 284 g/mol. The van der Waals surface area contributed by atoms with E-state index in [0.717, 1.165) is 18.2 Å². The number of halogens is 2. The van der Waals surface area contributed by atoms with Gasteiger partial charge in [0.25, 0.3) is 10.0 Å². The van der Waals surface area contributed by atoms with E-state index in [9.17, 15) is 17.2 Å². The summed E-state index contributed by atoms with van der Waals surface area (Å²) in [6.07, 6.45) is 0. The van der Waals surface area contributed by atoms with Crippen LogP contribution in [0.4, 0.5) is 20.2 Å². The molecule has 0 aliphatic carbocycles. The fraction of sp³-hybridized carbons (Fsp3) is 0. The molecule has 4 nitrogen and oxygen atoms in total. The normalized spacial score (nSPS) is 11.3. The third kappa shape index (κ3) is 2.82. The quantitative estimate of drug-likeness (QED) is 0.850. The third-order valence-electron chi connectivity index (χ3n) is 2.36. The van der Waals surface area contributed by atoms with Crippen molar-refractivity contribution in [3.8, 4) is 0 Å². The second-order valence-corrected chi connectivity index (χ2v) is 5.43. The molecule has 0 spiro atoms. The Hall–Kier alpha value is -2.15. The van der Waals surface area contributed by atoms with Crippen LogP contribution < -0.4 is 10.5 Å². The minimum absolute atomic E-state index is 0.0994. The Bertz CT molecular complexity index is 717. The molecule has 0 heterocycles. The number of hydrogen-bond donors (Lipinski definition) is 2. The lowest BCUT2D eigenvalue weighted by molar-refractivity contribution is 0.570. The minimum atomic E-state index is -4.20. The predicted molar refractivity (Wildman–Crippen MR) is 68.0 cm³/mol. The molecule has 2 aromatic carbocycles. The van der Waals surface area contributed by atoms with Crippen molar-refractivity contribution in [3.05, 3.63) is 54.1 Å². The zero-order chi connectivity index (χ0) is 14.0. The van der Waals surface area contributed by atoms with Gasteiger partial charge in [0.05, 0.1) is 5.69 Å². The number of anilines is 2. The molecule has 0 aliphatic rings. The van der Waals surface area contributed by atoms with Crippen molar-refractivity contribution in [2.75, 3.05) is 10.5 Å². The van der Waals surface area contributed by atoms with Crippen molar-refractivity contribution in [2.24, 2.45) is 0 Å². The number of nitrogens with two attached hydrogens (primary N) is 1. The lowest BCUT2D eigenvalue weighted by Crippen LogP contribution is -2.15. The molecule has 3 N–H and O–H groups in total. The fourth-order valence-corrected chi connectivity index (χ4v) is 2.61. The van der Waals surface area contributed by atoms with Crippen molar-refractivity contribution < 1.29 is 17.2 Å². The van der Waals surface area contributed by atoms with E-state index >= 15 is 0 Å². The second kappa shape index (κ2) is 4.85. The van der Waals surface area contributed by atoms with Crippen molar-refractivity contribution in [2.45, 2.75) is 4.90 Å². The SMILES string of the molecule is Nc1ccc(S(=O)(=O)Nc2ccccc2F)c(F)c1. The summed E-state index contributed by atoms with van der Waals surface area (Å²) in [6, 6.07) is 8.36. The van der Waals surface area contributed by atoms with Crippen molar-refractivity contribution >= 4 is 21.4 Å². The predicted octanol–water partition coefficient (Wildman–Crippen LogP) is 2.35. The molecule has 2 rings (SSSR count). The highest BCUT2D eigenvalue weighted by molar-refractivity contribution is 7.92. The van der Waals surface area contributed by atoms with E-state index in [-0.39, 0.29) is 11.4 Å². The van der Waals surface area contributed by atoms with Gasteiger partial charge in [0, 0.05) is 5.69 Å². The van der Waals surface area contributed by atoms with Crippen LogP contribution in [-0.4, -0.2) is 8.42 Å². The summed E-state index contributed by atoms with van der Waals surface area (Å²) in [5.74, 6) is -1.74. The van der Waals surface area contributed by atoms with Crippen LogP contribution in [0.3, 0.4) is 0 Å². The first-order valence-electron chi connectivity index (χ1n) is 5.22. The Morgan fingerprint density at radius 2 is 1.68 bits per heavy atom. The number of nitrogens with one attached hydrogen (secondary N) is 1. The van der Waals surface area contributed by atoms with E-state index < -0.39 is 26.6 Å². The molecule has 2 aromatic rings. The molecule has 0 radical (unpaired) electrons. The Labute approximate surface area is 108 Å². The van der Waals surface area contributed by atoms with Gasteiger partial charge in [0.15, 0.2) is 0 Å². The first-order chi connectivity index (χ1) is 8.90. The fourth-order valence-electron chi connectivity index (χ4n) is 1.48. The second-order valence-electron chi connectivity index (χ2n) is 3.78. The molecule has 0 saturated carbocycles. The van der Waals surface area contributed by atoms with Crippen molar-refractivity contribution in [1.82, 2.24) is 0 Å². The molecule has 0 unspecified atom stereocenters. The Kier molecular flexibility index (Phi) is 3.39. The zero-order valence-electron chi connectivity index (χ0n) is 9.60. The van der Waals surface area contributed by atoms with Gasteiger partial charge in [-0.3, -0.25) is 4.72 Å². The smallest absolute Gasteiger partial charge is 0.264 e. The topological polar surface area (TPSA) is 72.2 Å². The summed E-state index contributed by atoms with van der Waals surface area (Å²) >= 11 is 0. The van der Waals surface area contributed by atoms with Crippen LogP contribution in [0.15, 0.2) is 47.4 Å². The van der Waals surface area contributed by atoms with Gasteiger partial charge in [0.1, 0.15) is 16.5 Å². The van der Waals surface area contributed by atoms with E-state index in [4.69, 9.17) is 5.73 Å². The third-order valence-corrected chi connectivity index (χ3v) is 3.76. The molecule has 0 aromatic heterocycles. The molecule has 0 aliphatic heterocycles. The van der Waals surface area contributed by atoms with Crippen LogP contribution in [0.2, 0.25) is 0 Å². The molecule has 0 amide bonds. The Morgan fingerprint density at radius 1 is 1.00 bits per heavy atom. The maximum atomic E-state index is 13.6. The first-order valence-corrected chi connectivity index (χ1v) is 6.71. The summed E-state index contributed by atoms with van der Waals surface area (Å²) in [6.45, 7) is 0. The van der Waals surface area contributed by atoms with Crippen LogP contribution >= 0.6 is 0 Å². The van der Waals surface area contributed by atoms with Gasteiger partial charge in [-0.05, 0) is 30.3 Å². The summed E-state index contributed by atoms with van der Waals surface area (Å²) in [5, 5.41) is 0. The van der Waals surface area contributed by atoms with Gasteiger partial charge in [0.2, 0.25) is 0 Å². The highest BCUT2D eigenvalue weighted by atomic mass is 32.2. The Morgan fingerprint density at radius 3 is 2.32 bits per heavy atom. The summed E-state index contributed by atoms with van der Waals surface area (Å²) in [4.78, 5) is -0.593. The minimum Gasteiger partial charge on any atom is -0.399 e. The maximum Gasteiger partial charge on any atom is 0.264 e. The summed E-state index contributed by atoms with van der Waals surface area (Å²) < 4.78 is 52.8. The number of rotatable bonds is 3. The molecule has 0 atom stereocenters. The molecule has 0 fully saturated rings. The number of benzene rings is 2. The molecular weight excluding hydrogens is 274 g/mol. The van der Waals surface area contributed by atoms with Gasteiger partial charge in [-0.1, -0.05) is 12.1 Å². The number of nitrogen functional groups attached to an aromatic ring is 1. The van der Waals surface area contributed by atoms with E-state index in [1.54, 1.807) is 0 Å². The van der Waals surface area contributed by atoms with Gasteiger partial charge in [-0.15, -0.1) is 0 Å². The summed E-state index contributed by atoms with van der Waals surface area (Å²) in [7, 11) is -4.20. The maximum absolute atomic E-state index is 13.6. The largest absolute Gasteiger partial charge is 0.399 e. The van der Waals surface area contributed by atoms with Crippen molar-refractivity contribution in [3.63, 3.8) is 0 Å². The first kappa shape index (κ1) is 13.3. The van der Waals surface area contributed by atoms with Gasteiger partial charge < -0.3 is 5.73 Å².